The van der Waals surface area contributed by atoms with E-state index in [4.69, 9.17) is 0 Å². The Hall–Kier alpha value is -3.49. The third-order valence-electron chi connectivity index (χ3n) is 5.49. The number of hydrogen-bond donors (Lipinski definition) is 1. The van der Waals surface area contributed by atoms with E-state index < -0.39 is 0 Å². The third kappa shape index (κ3) is 4.65. The SMILES string of the molecule is Cc1cc(C)n(-c2ccc(=O)n(C3CCN(C(=O)NCc4ccc(F)cc4)CC3)n2)n1. The minimum Gasteiger partial charge on any atom is -0.334 e. The molecule has 162 valence electrons. The molecule has 0 bridgehead atoms. The molecule has 8 nitrogen and oxygen atoms in total. The first-order valence-corrected chi connectivity index (χ1v) is 10.3. The van der Waals surface area contributed by atoms with Gasteiger partial charge in [-0.25, -0.2) is 18.5 Å². The molecule has 3 aromatic rings. The lowest BCUT2D eigenvalue weighted by Gasteiger charge is -2.32. The van der Waals surface area contributed by atoms with Crippen molar-refractivity contribution in [1.82, 2.24) is 29.8 Å². The van der Waals surface area contributed by atoms with E-state index in [-0.39, 0.29) is 23.4 Å². The lowest BCUT2D eigenvalue weighted by molar-refractivity contribution is 0.167. The maximum Gasteiger partial charge on any atom is 0.317 e. The van der Waals surface area contributed by atoms with E-state index in [1.165, 1.54) is 22.9 Å². The topological polar surface area (TPSA) is 85.0 Å². The minimum absolute atomic E-state index is 0.0782. The molecule has 31 heavy (non-hydrogen) atoms. The molecular weight excluding hydrogens is 399 g/mol. The van der Waals surface area contributed by atoms with Crippen LogP contribution >= 0.6 is 0 Å². The van der Waals surface area contributed by atoms with Crippen molar-refractivity contribution in [3.63, 3.8) is 0 Å². The van der Waals surface area contributed by atoms with Crippen LogP contribution in [0.25, 0.3) is 5.82 Å². The van der Waals surface area contributed by atoms with E-state index in [9.17, 15) is 14.0 Å². The zero-order chi connectivity index (χ0) is 22.0. The van der Waals surface area contributed by atoms with Gasteiger partial charge in [0.25, 0.3) is 5.56 Å². The van der Waals surface area contributed by atoms with Gasteiger partial charge in [0.15, 0.2) is 5.82 Å². The lowest BCUT2D eigenvalue weighted by Crippen LogP contribution is -2.45. The fourth-order valence-corrected chi connectivity index (χ4v) is 3.86. The van der Waals surface area contributed by atoms with Gasteiger partial charge in [0, 0.05) is 31.4 Å². The standard InChI is InChI=1S/C22H25FN6O2/c1-15-13-16(2)28(25-15)20-7-8-21(30)29(26-20)19-9-11-27(12-10-19)22(31)24-14-17-3-5-18(23)6-4-17/h3-8,13,19H,9-12,14H2,1-2H3,(H,24,31). The van der Waals surface area contributed by atoms with E-state index in [1.807, 2.05) is 19.9 Å². The number of aryl methyl sites for hydroxylation is 2. The number of nitrogens with one attached hydrogen (secondary N) is 1. The number of amides is 2. The fraction of sp³-hybridized carbons (Fsp3) is 0.364. The summed E-state index contributed by atoms with van der Waals surface area (Å²) in [7, 11) is 0. The predicted molar refractivity (Wildman–Crippen MR) is 114 cm³/mol. The summed E-state index contributed by atoms with van der Waals surface area (Å²) in [4.78, 5) is 26.6. The number of nitrogens with zero attached hydrogens (tertiary/aromatic N) is 5. The number of likely N-dealkylation sites (tertiary alicyclic amines) is 1. The smallest absolute Gasteiger partial charge is 0.317 e. The number of benzene rings is 1. The molecule has 0 saturated carbocycles. The van der Waals surface area contributed by atoms with Crippen LogP contribution in [-0.2, 0) is 6.54 Å². The van der Waals surface area contributed by atoms with E-state index in [0.29, 0.717) is 38.3 Å². The van der Waals surface area contributed by atoms with Crippen LogP contribution in [0.4, 0.5) is 9.18 Å². The second-order valence-electron chi connectivity index (χ2n) is 7.82. The Bertz CT molecular complexity index is 1130. The molecule has 2 aromatic heterocycles. The van der Waals surface area contributed by atoms with Crippen LogP contribution in [0.3, 0.4) is 0 Å². The summed E-state index contributed by atoms with van der Waals surface area (Å²) in [5, 5.41) is 11.8. The molecule has 1 aromatic carbocycles. The molecule has 0 atom stereocenters. The average Bonchev–Trinajstić information content (AvgIpc) is 3.11. The Labute approximate surface area is 179 Å². The van der Waals surface area contributed by atoms with Crippen LogP contribution < -0.4 is 10.9 Å². The molecule has 0 radical (unpaired) electrons. The number of carbonyl (C=O) groups excluding carboxylic acids is 1. The molecule has 4 rings (SSSR count). The van der Waals surface area contributed by atoms with E-state index >= 15 is 0 Å². The van der Waals surface area contributed by atoms with Gasteiger partial charge in [0.2, 0.25) is 0 Å². The highest BCUT2D eigenvalue weighted by atomic mass is 19.1. The zero-order valence-electron chi connectivity index (χ0n) is 17.6. The highest BCUT2D eigenvalue weighted by Crippen LogP contribution is 2.21. The molecule has 2 amide bonds. The number of piperidine rings is 1. The van der Waals surface area contributed by atoms with Gasteiger partial charge in [0.05, 0.1) is 11.7 Å². The molecule has 1 fully saturated rings. The van der Waals surface area contributed by atoms with Crippen LogP contribution in [0.2, 0.25) is 0 Å². The van der Waals surface area contributed by atoms with E-state index in [1.54, 1.807) is 27.8 Å². The van der Waals surface area contributed by atoms with Gasteiger partial charge in [-0.2, -0.15) is 5.10 Å². The first-order valence-electron chi connectivity index (χ1n) is 10.3. The van der Waals surface area contributed by atoms with Gasteiger partial charge in [-0.15, -0.1) is 5.10 Å². The van der Waals surface area contributed by atoms with Crippen molar-refractivity contribution < 1.29 is 9.18 Å². The number of rotatable bonds is 4. The molecular formula is C22H25FN6O2. The molecule has 1 aliphatic rings. The van der Waals surface area contributed by atoms with Crippen molar-refractivity contribution >= 4 is 6.03 Å². The minimum atomic E-state index is -0.303. The molecule has 0 unspecified atom stereocenters. The van der Waals surface area contributed by atoms with Gasteiger partial charge < -0.3 is 10.2 Å². The third-order valence-corrected chi connectivity index (χ3v) is 5.49. The normalized spacial score (nSPS) is 14.6. The Morgan fingerprint density at radius 3 is 2.45 bits per heavy atom. The second-order valence-corrected chi connectivity index (χ2v) is 7.82. The van der Waals surface area contributed by atoms with E-state index in [2.05, 4.69) is 15.5 Å². The second kappa shape index (κ2) is 8.71. The molecule has 1 aliphatic heterocycles. The lowest BCUT2D eigenvalue weighted by atomic mass is 10.1. The van der Waals surface area contributed by atoms with Crippen molar-refractivity contribution in [2.45, 2.75) is 39.3 Å². The first kappa shape index (κ1) is 20.8. The van der Waals surface area contributed by atoms with Gasteiger partial charge in [-0.1, -0.05) is 12.1 Å². The Kier molecular flexibility index (Phi) is 5.83. The van der Waals surface area contributed by atoms with E-state index in [0.717, 1.165) is 17.0 Å². The number of halogens is 1. The van der Waals surface area contributed by atoms with Gasteiger partial charge >= 0.3 is 6.03 Å². The maximum absolute atomic E-state index is 13.0. The van der Waals surface area contributed by atoms with Crippen LogP contribution in [0, 0.1) is 19.7 Å². The summed E-state index contributed by atoms with van der Waals surface area (Å²) in [6.07, 6.45) is 1.27. The van der Waals surface area contributed by atoms with Gasteiger partial charge in [-0.05, 0) is 56.5 Å². The number of urea groups is 1. The maximum atomic E-state index is 13.0. The Morgan fingerprint density at radius 2 is 1.81 bits per heavy atom. The van der Waals surface area contributed by atoms with Crippen LogP contribution in [0.5, 0.6) is 0 Å². The van der Waals surface area contributed by atoms with Crippen molar-refractivity contribution in [1.29, 1.82) is 0 Å². The Balaban J connectivity index is 1.38. The highest BCUT2D eigenvalue weighted by molar-refractivity contribution is 5.74. The number of hydrogen-bond acceptors (Lipinski definition) is 4. The van der Waals surface area contributed by atoms with Crippen molar-refractivity contribution in [2.75, 3.05) is 13.1 Å². The summed E-state index contributed by atoms with van der Waals surface area (Å²) in [5.41, 5.74) is 2.51. The van der Waals surface area contributed by atoms with Gasteiger partial charge in [-0.3, -0.25) is 4.79 Å². The summed E-state index contributed by atoms with van der Waals surface area (Å²) in [6.45, 7) is 5.25. The van der Waals surface area contributed by atoms with Crippen LogP contribution in [-0.4, -0.2) is 43.6 Å². The molecule has 1 N–H and O–H groups in total. The largest absolute Gasteiger partial charge is 0.334 e. The van der Waals surface area contributed by atoms with Crippen LogP contribution in [0.1, 0.15) is 35.8 Å². The Morgan fingerprint density at radius 1 is 1.10 bits per heavy atom. The van der Waals surface area contributed by atoms with Crippen molar-refractivity contribution in [3.05, 3.63) is 75.6 Å². The summed E-state index contributed by atoms with van der Waals surface area (Å²) >= 11 is 0. The van der Waals surface area contributed by atoms with Gasteiger partial charge in [0.1, 0.15) is 5.82 Å². The average molecular weight is 424 g/mol. The molecule has 1 saturated heterocycles. The number of carbonyl (C=O) groups is 1. The molecule has 0 spiro atoms. The quantitative estimate of drug-likeness (QED) is 0.698. The summed E-state index contributed by atoms with van der Waals surface area (Å²) in [6, 6.07) is 10.9. The van der Waals surface area contributed by atoms with Crippen molar-refractivity contribution in [3.8, 4) is 5.82 Å². The number of aromatic nitrogens is 4. The van der Waals surface area contributed by atoms with Crippen LogP contribution in [0.15, 0.2) is 47.3 Å². The first-order chi connectivity index (χ1) is 14.9. The molecule has 9 heteroatoms. The summed E-state index contributed by atoms with van der Waals surface area (Å²) < 4.78 is 16.2. The molecule has 0 aliphatic carbocycles. The molecule has 3 heterocycles. The van der Waals surface area contributed by atoms with Crippen molar-refractivity contribution in [2.24, 2.45) is 0 Å². The summed E-state index contributed by atoms with van der Waals surface area (Å²) in [5.74, 6) is 0.299. The fourth-order valence-electron chi connectivity index (χ4n) is 3.86. The zero-order valence-corrected chi connectivity index (χ0v) is 17.6. The monoisotopic (exact) mass is 424 g/mol. The highest BCUT2D eigenvalue weighted by Gasteiger charge is 2.25. The predicted octanol–water partition coefficient (Wildman–Crippen LogP) is 2.73.